The number of halogens is 2. The lowest BCUT2D eigenvalue weighted by molar-refractivity contribution is -0.143. The Balaban J connectivity index is 2.14. The van der Waals surface area contributed by atoms with Crippen LogP contribution in [-0.2, 0) is 4.79 Å². The minimum Gasteiger partial charge on any atom is -0.481 e. The molecule has 0 heterocycles. The molecule has 2 atom stereocenters. The third-order valence-corrected chi connectivity index (χ3v) is 3.60. The van der Waals surface area contributed by atoms with E-state index < -0.39 is 41.0 Å². The van der Waals surface area contributed by atoms with Crippen LogP contribution in [0.2, 0.25) is 0 Å². The molecule has 2 N–H and O–H groups in total. The summed E-state index contributed by atoms with van der Waals surface area (Å²) in [6.07, 6.45) is 2.60. The summed E-state index contributed by atoms with van der Waals surface area (Å²) in [5, 5.41) is 11.6. The van der Waals surface area contributed by atoms with Gasteiger partial charge in [-0.1, -0.05) is 18.9 Å². The first-order valence-corrected chi connectivity index (χ1v) is 6.48. The third-order valence-electron chi connectivity index (χ3n) is 3.60. The predicted molar refractivity (Wildman–Crippen MR) is 67.2 cm³/mol. The van der Waals surface area contributed by atoms with E-state index >= 15 is 0 Å². The number of carboxylic acid groups (broad SMARTS) is 1. The standard InChI is InChI=1S/C14H15F2NO3/c15-10-6-3-5-9(12(10)16)13(18)17-11-7-2-1-4-8(11)14(19)20/h3,5-6,8,11H,1-2,4,7H2,(H,17,18)(H,19,20). The summed E-state index contributed by atoms with van der Waals surface area (Å²) < 4.78 is 26.6. The molecule has 0 aliphatic heterocycles. The van der Waals surface area contributed by atoms with Crippen LogP contribution in [0.25, 0.3) is 0 Å². The number of carboxylic acids is 1. The molecular weight excluding hydrogens is 268 g/mol. The summed E-state index contributed by atoms with van der Waals surface area (Å²) >= 11 is 0. The molecule has 0 radical (unpaired) electrons. The highest BCUT2D eigenvalue weighted by Crippen LogP contribution is 2.25. The fraction of sp³-hybridized carbons (Fsp3) is 0.429. The van der Waals surface area contributed by atoms with E-state index in [0.29, 0.717) is 12.8 Å². The summed E-state index contributed by atoms with van der Waals surface area (Å²) in [5.41, 5.74) is -0.403. The molecule has 1 aliphatic rings. The van der Waals surface area contributed by atoms with Crippen molar-refractivity contribution in [2.24, 2.45) is 5.92 Å². The van der Waals surface area contributed by atoms with Gasteiger partial charge >= 0.3 is 5.97 Å². The number of aliphatic carboxylic acids is 1. The number of hydrogen-bond donors (Lipinski definition) is 2. The van der Waals surface area contributed by atoms with Crippen LogP contribution in [-0.4, -0.2) is 23.0 Å². The molecule has 1 aliphatic carbocycles. The van der Waals surface area contributed by atoms with Crippen molar-refractivity contribution >= 4 is 11.9 Å². The average molecular weight is 283 g/mol. The van der Waals surface area contributed by atoms with Gasteiger partial charge in [0.15, 0.2) is 11.6 Å². The van der Waals surface area contributed by atoms with Gasteiger partial charge in [0.2, 0.25) is 0 Å². The maximum absolute atomic E-state index is 13.5. The van der Waals surface area contributed by atoms with Crippen LogP contribution in [0, 0.1) is 17.6 Å². The van der Waals surface area contributed by atoms with Crippen LogP contribution < -0.4 is 5.32 Å². The molecule has 1 saturated carbocycles. The number of hydrogen-bond acceptors (Lipinski definition) is 2. The molecule has 108 valence electrons. The number of carbonyl (C=O) groups excluding carboxylic acids is 1. The second kappa shape index (κ2) is 5.98. The fourth-order valence-corrected chi connectivity index (χ4v) is 2.52. The lowest BCUT2D eigenvalue weighted by Gasteiger charge is -2.29. The largest absolute Gasteiger partial charge is 0.481 e. The van der Waals surface area contributed by atoms with Gasteiger partial charge in [0.05, 0.1) is 11.5 Å². The van der Waals surface area contributed by atoms with Gasteiger partial charge in [-0.15, -0.1) is 0 Å². The molecule has 2 rings (SSSR count). The summed E-state index contributed by atoms with van der Waals surface area (Å²) in [4.78, 5) is 23.1. The van der Waals surface area contributed by atoms with Crippen molar-refractivity contribution in [3.8, 4) is 0 Å². The highest BCUT2D eigenvalue weighted by Gasteiger charge is 2.32. The zero-order valence-electron chi connectivity index (χ0n) is 10.7. The predicted octanol–water partition coefficient (Wildman–Crippen LogP) is 2.34. The Bertz CT molecular complexity index is 533. The van der Waals surface area contributed by atoms with E-state index in [1.54, 1.807) is 0 Å². The van der Waals surface area contributed by atoms with Crippen LogP contribution in [0.4, 0.5) is 8.78 Å². The van der Waals surface area contributed by atoms with Gasteiger partial charge in [0.25, 0.3) is 5.91 Å². The Morgan fingerprint density at radius 2 is 1.90 bits per heavy atom. The van der Waals surface area contributed by atoms with Crippen molar-refractivity contribution in [3.63, 3.8) is 0 Å². The number of rotatable bonds is 3. The Kier molecular flexibility index (Phi) is 4.32. The van der Waals surface area contributed by atoms with Crippen molar-refractivity contribution in [1.82, 2.24) is 5.32 Å². The maximum atomic E-state index is 13.5. The van der Waals surface area contributed by atoms with Crippen LogP contribution in [0.3, 0.4) is 0 Å². The van der Waals surface area contributed by atoms with Crippen molar-refractivity contribution < 1.29 is 23.5 Å². The van der Waals surface area contributed by atoms with E-state index in [4.69, 9.17) is 5.11 Å². The molecule has 2 unspecified atom stereocenters. The third kappa shape index (κ3) is 2.95. The zero-order chi connectivity index (χ0) is 14.7. The van der Waals surface area contributed by atoms with Crippen molar-refractivity contribution in [1.29, 1.82) is 0 Å². The molecule has 4 nitrogen and oxygen atoms in total. The van der Waals surface area contributed by atoms with Gasteiger partial charge in [0, 0.05) is 6.04 Å². The quantitative estimate of drug-likeness (QED) is 0.894. The smallest absolute Gasteiger partial charge is 0.308 e. The highest BCUT2D eigenvalue weighted by atomic mass is 19.2. The molecule has 20 heavy (non-hydrogen) atoms. The normalized spacial score (nSPS) is 22.3. The molecule has 0 bridgehead atoms. The van der Waals surface area contributed by atoms with E-state index in [2.05, 4.69) is 5.32 Å². The van der Waals surface area contributed by atoms with Crippen LogP contribution in [0.1, 0.15) is 36.0 Å². The monoisotopic (exact) mass is 283 g/mol. The molecule has 0 saturated heterocycles. The van der Waals surface area contributed by atoms with E-state index in [-0.39, 0.29) is 0 Å². The summed E-state index contributed by atoms with van der Waals surface area (Å²) in [7, 11) is 0. The van der Waals surface area contributed by atoms with Crippen LogP contribution in [0.15, 0.2) is 18.2 Å². The number of carbonyl (C=O) groups is 2. The summed E-state index contributed by atoms with van der Waals surface area (Å²) in [5.74, 6) is -4.75. The first kappa shape index (κ1) is 14.4. The number of benzene rings is 1. The van der Waals surface area contributed by atoms with E-state index in [1.165, 1.54) is 12.1 Å². The van der Waals surface area contributed by atoms with Gasteiger partial charge in [-0.05, 0) is 25.0 Å². The summed E-state index contributed by atoms with van der Waals surface area (Å²) in [6, 6.07) is 2.79. The summed E-state index contributed by atoms with van der Waals surface area (Å²) in [6.45, 7) is 0. The average Bonchev–Trinajstić information content (AvgIpc) is 2.42. The van der Waals surface area contributed by atoms with Gasteiger partial charge in [-0.2, -0.15) is 0 Å². The Morgan fingerprint density at radius 3 is 2.60 bits per heavy atom. The first-order chi connectivity index (χ1) is 9.50. The first-order valence-electron chi connectivity index (χ1n) is 6.48. The van der Waals surface area contributed by atoms with E-state index in [0.717, 1.165) is 18.9 Å². The second-order valence-electron chi connectivity index (χ2n) is 4.91. The van der Waals surface area contributed by atoms with Gasteiger partial charge in [-0.25, -0.2) is 8.78 Å². The zero-order valence-corrected chi connectivity index (χ0v) is 10.7. The maximum Gasteiger partial charge on any atom is 0.308 e. The van der Waals surface area contributed by atoms with Gasteiger partial charge in [-0.3, -0.25) is 9.59 Å². The fourth-order valence-electron chi connectivity index (χ4n) is 2.52. The lowest BCUT2D eigenvalue weighted by atomic mass is 9.84. The van der Waals surface area contributed by atoms with Crippen LogP contribution >= 0.6 is 0 Å². The molecule has 1 aromatic rings. The van der Waals surface area contributed by atoms with Crippen molar-refractivity contribution in [2.45, 2.75) is 31.7 Å². The topological polar surface area (TPSA) is 66.4 Å². The second-order valence-corrected chi connectivity index (χ2v) is 4.91. The molecule has 0 spiro atoms. The van der Waals surface area contributed by atoms with Gasteiger partial charge in [0.1, 0.15) is 0 Å². The number of amides is 1. The molecule has 6 heteroatoms. The molecule has 1 amide bonds. The SMILES string of the molecule is O=C(NC1CCCCC1C(=O)O)c1cccc(F)c1F. The Hall–Kier alpha value is -1.98. The Labute approximate surface area is 114 Å². The lowest BCUT2D eigenvalue weighted by Crippen LogP contribution is -2.45. The van der Waals surface area contributed by atoms with Crippen molar-refractivity contribution in [3.05, 3.63) is 35.4 Å². The Morgan fingerprint density at radius 1 is 1.20 bits per heavy atom. The van der Waals surface area contributed by atoms with Crippen molar-refractivity contribution in [2.75, 3.05) is 0 Å². The molecule has 0 aromatic heterocycles. The molecule has 1 aromatic carbocycles. The van der Waals surface area contributed by atoms with E-state index in [1.807, 2.05) is 0 Å². The number of nitrogens with one attached hydrogen (secondary N) is 1. The van der Waals surface area contributed by atoms with E-state index in [9.17, 15) is 18.4 Å². The van der Waals surface area contributed by atoms with Crippen LogP contribution in [0.5, 0.6) is 0 Å². The molecular formula is C14H15F2NO3. The van der Waals surface area contributed by atoms with Gasteiger partial charge < -0.3 is 10.4 Å². The highest BCUT2D eigenvalue weighted by molar-refractivity contribution is 5.95. The minimum atomic E-state index is -1.22. The minimum absolute atomic E-state index is 0.403. The molecule has 1 fully saturated rings.